The molecule has 0 radical (unpaired) electrons. The van der Waals surface area contributed by atoms with E-state index in [0.29, 0.717) is 25.1 Å². The minimum atomic E-state index is -0.754. The van der Waals surface area contributed by atoms with E-state index in [1.54, 1.807) is 6.07 Å². The SMILES string of the molecule is CC(C)(C)ON(C=O)CC1NCC2(c3cccc([N+](=O)[O-])c3F)CC12. The highest BCUT2D eigenvalue weighted by atomic mass is 19.1. The molecule has 1 aromatic carbocycles. The molecule has 1 aliphatic carbocycles. The van der Waals surface area contributed by atoms with Gasteiger partial charge in [0.25, 0.3) is 0 Å². The zero-order valence-corrected chi connectivity index (χ0v) is 14.5. The van der Waals surface area contributed by atoms with Crippen LogP contribution in [0.4, 0.5) is 10.1 Å². The number of rotatable bonds is 6. The minimum absolute atomic E-state index is 0.0359. The normalized spacial score (nSPS) is 27.7. The molecule has 1 N–H and O–H groups in total. The van der Waals surface area contributed by atoms with Crippen molar-refractivity contribution in [1.29, 1.82) is 0 Å². The molecule has 3 rings (SSSR count). The van der Waals surface area contributed by atoms with Crippen molar-refractivity contribution in [3.63, 3.8) is 0 Å². The summed E-state index contributed by atoms with van der Waals surface area (Å²) in [4.78, 5) is 27.1. The van der Waals surface area contributed by atoms with Gasteiger partial charge in [-0.05, 0) is 33.1 Å². The minimum Gasteiger partial charge on any atom is -0.311 e. The zero-order valence-electron chi connectivity index (χ0n) is 14.5. The number of halogens is 1. The van der Waals surface area contributed by atoms with E-state index in [1.165, 1.54) is 17.2 Å². The van der Waals surface area contributed by atoms with Gasteiger partial charge in [-0.25, -0.2) is 5.06 Å². The van der Waals surface area contributed by atoms with Gasteiger partial charge in [0.05, 0.1) is 17.1 Å². The molecule has 0 spiro atoms. The van der Waals surface area contributed by atoms with Gasteiger partial charge >= 0.3 is 5.69 Å². The lowest BCUT2D eigenvalue weighted by atomic mass is 9.93. The van der Waals surface area contributed by atoms with Crippen LogP contribution in [0.2, 0.25) is 0 Å². The van der Waals surface area contributed by atoms with Crippen LogP contribution in [0.25, 0.3) is 0 Å². The van der Waals surface area contributed by atoms with Gasteiger partial charge in [0.1, 0.15) is 0 Å². The molecule has 0 aromatic heterocycles. The number of nitrogens with one attached hydrogen (secondary N) is 1. The Bertz CT molecular complexity index is 706. The molecule has 136 valence electrons. The van der Waals surface area contributed by atoms with Crippen LogP contribution in [0.5, 0.6) is 0 Å². The first kappa shape index (κ1) is 17.8. The Morgan fingerprint density at radius 1 is 1.52 bits per heavy atom. The Hall–Kier alpha value is -2.06. The fourth-order valence-electron chi connectivity index (χ4n) is 3.81. The van der Waals surface area contributed by atoms with Gasteiger partial charge in [-0.1, -0.05) is 12.1 Å². The van der Waals surface area contributed by atoms with Crippen LogP contribution in [-0.2, 0) is 15.0 Å². The largest absolute Gasteiger partial charge is 0.311 e. The van der Waals surface area contributed by atoms with Crippen LogP contribution in [0, 0.1) is 21.8 Å². The first-order chi connectivity index (χ1) is 11.7. The molecule has 2 fully saturated rings. The summed E-state index contributed by atoms with van der Waals surface area (Å²) in [7, 11) is 0. The number of fused-ring (bicyclic) bond motifs is 1. The second kappa shape index (κ2) is 6.03. The molecule has 0 bridgehead atoms. The molecule has 8 heteroatoms. The van der Waals surface area contributed by atoms with Crippen molar-refractivity contribution in [2.45, 2.75) is 44.2 Å². The van der Waals surface area contributed by atoms with Crippen LogP contribution in [0.15, 0.2) is 18.2 Å². The van der Waals surface area contributed by atoms with E-state index in [1.807, 2.05) is 20.8 Å². The third-order valence-corrected chi connectivity index (χ3v) is 4.90. The predicted molar refractivity (Wildman–Crippen MR) is 88.2 cm³/mol. The van der Waals surface area contributed by atoms with Crippen molar-refractivity contribution in [3.8, 4) is 0 Å². The lowest BCUT2D eigenvalue weighted by Gasteiger charge is -2.29. The number of hydrogen-bond acceptors (Lipinski definition) is 5. The number of nitro benzene ring substituents is 1. The number of nitrogens with zero attached hydrogens (tertiary/aromatic N) is 2. The predicted octanol–water partition coefficient (Wildman–Crippen LogP) is 2.15. The summed E-state index contributed by atoms with van der Waals surface area (Å²) >= 11 is 0. The van der Waals surface area contributed by atoms with Crippen molar-refractivity contribution in [2.24, 2.45) is 5.92 Å². The highest BCUT2D eigenvalue weighted by Crippen LogP contribution is 2.60. The molecule has 7 nitrogen and oxygen atoms in total. The summed E-state index contributed by atoms with van der Waals surface area (Å²) in [5.74, 6) is -0.634. The molecule has 25 heavy (non-hydrogen) atoms. The molecule has 3 unspecified atom stereocenters. The third kappa shape index (κ3) is 3.23. The summed E-state index contributed by atoms with van der Waals surface area (Å²) in [6, 6.07) is 4.29. The summed E-state index contributed by atoms with van der Waals surface area (Å²) in [5.41, 5.74) is -1.04. The van der Waals surface area contributed by atoms with Gasteiger partial charge < -0.3 is 5.32 Å². The average molecular weight is 351 g/mol. The van der Waals surface area contributed by atoms with Gasteiger partial charge in [-0.2, -0.15) is 4.39 Å². The summed E-state index contributed by atoms with van der Waals surface area (Å²) in [6.45, 7) is 6.44. The molecule has 3 atom stereocenters. The van der Waals surface area contributed by atoms with Crippen LogP contribution in [0.3, 0.4) is 0 Å². The summed E-state index contributed by atoms with van der Waals surface area (Å²) in [6.07, 6.45) is 1.38. The van der Waals surface area contributed by atoms with E-state index < -0.39 is 27.4 Å². The second-order valence-corrected chi connectivity index (χ2v) is 7.76. The zero-order chi connectivity index (χ0) is 18.4. The Morgan fingerprint density at radius 2 is 2.24 bits per heavy atom. The number of nitro groups is 1. The van der Waals surface area contributed by atoms with E-state index in [9.17, 15) is 19.3 Å². The van der Waals surface area contributed by atoms with E-state index >= 15 is 0 Å². The molecule has 1 saturated heterocycles. The van der Waals surface area contributed by atoms with Crippen LogP contribution < -0.4 is 5.32 Å². The van der Waals surface area contributed by atoms with E-state index in [2.05, 4.69) is 5.32 Å². The Balaban J connectivity index is 1.76. The maximum absolute atomic E-state index is 14.6. The Morgan fingerprint density at radius 3 is 2.80 bits per heavy atom. The van der Waals surface area contributed by atoms with Crippen LogP contribution in [-0.4, -0.2) is 41.1 Å². The lowest BCUT2D eigenvalue weighted by Crippen LogP contribution is -2.42. The summed E-state index contributed by atoms with van der Waals surface area (Å²) in [5, 5.41) is 15.5. The van der Waals surface area contributed by atoms with Gasteiger partial charge in [0, 0.05) is 29.6 Å². The number of piperidine rings is 1. The third-order valence-electron chi connectivity index (χ3n) is 4.90. The number of hydroxylamine groups is 2. The quantitative estimate of drug-likeness (QED) is 0.482. The van der Waals surface area contributed by atoms with E-state index in [4.69, 9.17) is 4.84 Å². The van der Waals surface area contributed by atoms with E-state index in [0.717, 1.165) is 6.42 Å². The molecule has 1 aromatic rings. The second-order valence-electron chi connectivity index (χ2n) is 7.76. The van der Waals surface area contributed by atoms with Crippen molar-refractivity contribution in [1.82, 2.24) is 10.4 Å². The van der Waals surface area contributed by atoms with Crippen molar-refractivity contribution in [2.75, 3.05) is 13.1 Å². The van der Waals surface area contributed by atoms with E-state index in [-0.39, 0.29) is 12.0 Å². The molecule has 1 heterocycles. The maximum Gasteiger partial charge on any atom is 0.305 e. The number of benzene rings is 1. The van der Waals surface area contributed by atoms with Crippen LogP contribution >= 0.6 is 0 Å². The van der Waals surface area contributed by atoms with Crippen molar-refractivity contribution < 1.29 is 18.9 Å². The number of carbonyl (C=O) groups is 1. The topological polar surface area (TPSA) is 84.7 Å². The Kier molecular flexibility index (Phi) is 4.28. The fourth-order valence-corrected chi connectivity index (χ4v) is 3.81. The Labute approximate surface area is 145 Å². The van der Waals surface area contributed by atoms with Gasteiger partial charge in [0.2, 0.25) is 12.2 Å². The number of carbonyl (C=O) groups excluding carboxylic acids is 1. The van der Waals surface area contributed by atoms with Gasteiger partial charge in [-0.3, -0.25) is 19.7 Å². The monoisotopic (exact) mass is 351 g/mol. The highest BCUT2D eigenvalue weighted by Gasteiger charge is 2.64. The molecule has 1 aliphatic heterocycles. The smallest absolute Gasteiger partial charge is 0.305 e. The van der Waals surface area contributed by atoms with Crippen molar-refractivity contribution in [3.05, 3.63) is 39.7 Å². The lowest BCUT2D eigenvalue weighted by molar-refractivity contribution is -0.387. The number of hydrogen-bond donors (Lipinski definition) is 1. The van der Waals surface area contributed by atoms with Gasteiger partial charge in [0.15, 0.2) is 0 Å². The molecular weight excluding hydrogens is 329 g/mol. The van der Waals surface area contributed by atoms with Crippen molar-refractivity contribution >= 4 is 12.1 Å². The molecule has 1 amide bonds. The maximum atomic E-state index is 14.6. The first-order valence-corrected chi connectivity index (χ1v) is 8.26. The van der Waals surface area contributed by atoms with Gasteiger partial charge in [-0.15, -0.1) is 0 Å². The fraction of sp³-hybridized carbons (Fsp3) is 0.588. The molecular formula is C17H22FN3O4. The average Bonchev–Trinajstić information content (AvgIpc) is 3.15. The molecule has 2 aliphatic rings. The molecule has 1 saturated carbocycles. The number of amides is 1. The summed E-state index contributed by atoms with van der Waals surface area (Å²) < 4.78 is 14.6. The highest BCUT2D eigenvalue weighted by molar-refractivity contribution is 5.48. The van der Waals surface area contributed by atoms with Crippen LogP contribution in [0.1, 0.15) is 32.8 Å². The standard InChI is InChI=1S/C17H22FN3O4/c1-16(2,3)25-20(10-22)8-13-12-7-17(12,9-19-13)11-5-4-6-14(15(11)18)21(23)24/h4-6,10,12-13,19H,7-9H2,1-3H3. The first-order valence-electron chi connectivity index (χ1n) is 8.26.